The molecule has 1 saturated heterocycles. The fourth-order valence-electron chi connectivity index (χ4n) is 4.68. The largest absolute Gasteiger partial charge is 0.300 e. The maximum atomic E-state index is 12.2. The average molecular weight is 313 g/mol. The second-order valence-electron chi connectivity index (χ2n) is 8.29. The van der Waals surface area contributed by atoms with E-state index in [-0.39, 0.29) is 11.2 Å². The van der Waals surface area contributed by atoms with Gasteiger partial charge in [-0.1, -0.05) is 23.8 Å². The van der Waals surface area contributed by atoms with Gasteiger partial charge < -0.3 is 0 Å². The fourth-order valence-corrected chi connectivity index (χ4v) is 4.68. The highest BCUT2D eigenvalue weighted by atomic mass is 16.1. The number of likely N-dealkylation sites (tertiary alicyclic amines) is 1. The quantitative estimate of drug-likeness (QED) is 0.664. The summed E-state index contributed by atoms with van der Waals surface area (Å²) in [7, 11) is 0. The molecule has 2 heteroatoms. The third-order valence-corrected chi connectivity index (χ3v) is 5.96. The molecule has 2 fully saturated rings. The van der Waals surface area contributed by atoms with E-state index in [0.717, 1.165) is 25.3 Å². The number of carbonyl (C=O) groups excluding carboxylic acids is 1. The number of carbonyl (C=O) groups is 1. The van der Waals surface area contributed by atoms with Crippen LogP contribution in [0.25, 0.3) is 0 Å². The van der Waals surface area contributed by atoms with Crippen LogP contribution in [0.1, 0.15) is 59.3 Å². The average Bonchev–Trinajstić information content (AvgIpc) is 3.30. The molecule has 2 unspecified atom stereocenters. The van der Waals surface area contributed by atoms with E-state index in [2.05, 4.69) is 38.3 Å². The second-order valence-corrected chi connectivity index (χ2v) is 8.29. The van der Waals surface area contributed by atoms with Gasteiger partial charge in [-0.25, -0.2) is 0 Å². The Kier molecular flexibility index (Phi) is 4.64. The van der Waals surface area contributed by atoms with Gasteiger partial charge in [0, 0.05) is 24.4 Å². The molecule has 126 valence electrons. The molecule has 2 nitrogen and oxygen atoms in total. The van der Waals surface area contributed by atoms with E-state index in [9.17, 15) is 4.79 Å². The van der Waals surface area contributed by atoms with Crippen molar-refractivity contribution in [2.45, 2.75) is 65.3 Å². The lowest BCUT2D eigenvalue weighted by molar-refractivity contribution is -0.117. The number of allylic oxidation sites excluding steroid dienone is 4. The molecule has 3 rings (SSSR count). The topological polar surface area (TPSA) is 20.3 Å². The van der Waals surface area contributed by atoms with Crippen LogP contribution < -0.4 is 0 Å². The van der Waals surface area contributed by atoms with Crippen molar-refractivity contribution in [2.24, 2.45) is 11.3 Å². The van der Waals surface area contributed by atoms with Crippen LogP contribution in [0.5, 0.6) is 0 Å². The van der Waals surface area contributed by atoms with Gasteiger partial charge in [0.25, 0.3) is 0 Å². The minimum Gasteiger partial charge on any atom is -0.300 e. The summed E-state index contributed by atoms with van der Waals surface area (Å²) in [6.07, 6.45) is 10.8. The van der Waals surface area contributed by atoms with Crippen LogP contribution >= 0.6 is 0 Å². The first-order valence-electron chi connectivity index (χ1n) is 9.18. The van der Waals surface area contributed by atoms with E-state index < -0.39 is 0 Å². The molecule has 0 spiro atoms. The molecule has 0 aromatic carbocycles. The number of hydrogen-bond acceptors (Lipinski definition) is 2. The van der Waals surface area contributed by atoms with E-state index in [1.165, 1.54) is 48.6 Å². The maximum Gasteiger partial charge on any atom is 0.155 e. The van der Waals surface area contributed by atoms with Crippen molar-refractivity contribution in [3.05, 3.63) is 35.5 Å². The zero-order valence-electron chi connectivity index (χ0n) is 15.0. The normalized spacial score (nSPS) is 31.0. The van der Waals surface area contributed by atoms with Gasteiger partial charge in [-0.15, -0.1) is 0 Å². The van der Waals surface area contributed by atoms with Gasteiger partial charge in [-0.05, 0) is 77.0 Å². The Morgan fingerprint density at radius 3 is 2.74 bits per heavy atom. The van der Waals surface area contributed by atoms with Crippen LogP contribution in [0.4, 0.5) is 0 Å². The summed E-state index contributed by atoms with van der Waals surface area (Å²) in [6, 6.07) is 0.635. The number of rotatable bonds is 6. The van der Waals surface area contributed by atoms with Gasteiger partial charge in [0.15, 0.2) is 5.78 Å². The standard InChI is InChI=1S/C21H31NO/c1-5-19(23)13-21-8-9-22(14-17-6-7-17)18(12-21)11-16(4)20(21)10-15(2)3/h5,10,17-18H,1,6-9,11-14H2,2-4H3. The fraction of sp³-hybridized carbons (Fsp3) is 0.667. The summed E-state index contributed by atoms with van der Waals surface area (Å²) in [5, 5.41) is 0. The molecule has 0 amide bonds. The number of piperidine rings is 1. The van der Waals surface area contributed by atoms with Crippen molar-refractivity contribution < 1.29 is 4.79 Å². The van der Waals surface area contributed by atoms with Crippen molar-refractivity contribution in [1.82, 2.24) is 4.90 Å². The first kappa shape index (κ1) is 16.7. The minimum absolute atomic E-state index is 0.0512. The Balaban J connectivity index is 1.91. The maximum absolute atomic E-state index is 12.2. The van der Waals surface area contributed by atoms with Crippen LogP contribution in [0, 0.1) is 11.3 Å². The predicted octanol–water partition coefficient (Wildman–Crippen LogP) is 4.68. The summed E-state index contributed by atoms with van der Waals surface area (Å²) < 4.78 is 0. The Morgan fingerprint density at radius 1 is 1.39 bits per heavy atom. The SMILES string of the molecule is C=CC(=O)CC12CCN(CC3CC3)C(CC(C)=C1C=C(C)C)C2. The van der Waals surface area contributed by atoms with Crippen LogP contribution in [-0.2, 0) is 4.79 Å². The molecule has 1 aliphatic heterocycles. The zero-order valence-corrected chi connectivity index (χ0v) is 15.0. The number of nitrogens with zero attached hydrogens (tertiary/aromatic N) is 1. The van der Waals surface area contributed by atoms with E-state index >= 15 is 0 Å². The lowest BCUT2D eigenvalue weighted by Gasteiger charge is -2.51. The highest BCUT2D eigenvalue weighted by molar-refractivity contribution is 5.90. The number of hydrogen-bond donors (Lipinski definition) is 0. The molecule has 0 aromatic heterocycles. The van der Waals surface area contributed by atoms with E-state index in [1.54, 1.807) is 0 Å². The van der Waals surface area contributed by atoms with Crippen LogP contribution in [0.15, 0.2) is 35.5 Å². The Bertz CT molecular complexity index is 562. The third-order valence-electron chi connectivity index (χ3n) is 5.96. The summed E-state index contributed by atoms with van der Waals surface area (Å²) >= 11 is 0. The predicted molar refractivity (Wildman–Crippen MR) is 96.3 cm³/mol. The number of fused-ring (bicyclic) bond motifs is 2. The van der Waals surface area contributed by atoms with E-state index in [1.807, 2.05) is 0 Å². The molecule has 23 heavy (non-hydrogen) atoms. The summed E-state index contributed by atoms with van der Waals surface area (Å²) in [5.41, 5.74) is 4.34. The first-order chi connectivity index (χ1) is 10.9. The monoisotopic (exact) mass is 313 g/mol. The summed E-state index contributed by atoms with van der Waals surface area (Å²) in [5.74, 6) is 1.15. The molecule has 1 saturated carbocycles. The molecule has 2 bridgehead atoms. The molecule has 0 N–H and O–H groups in total. The zero-order chi connectivity index (χ0) is 16.6. The lowest BCUT2D eigenvalue weighted by Crippen LogP contribution is -2.51. The van der Waals surface area contributed by atoms with Crippen LogP contribution in [0.2, 0.25) is 0 Å². The van der Waals surface area contributed by atoms with Crippen LogP contribution in [-0.4, -0.2) is 29.8 Å². The van der Waals surface area contributed by atoms with Crippen LogP contribution in [0.3, 0.4) is 0 Å². The van der Waals surface area contributed by atoms with Crippen molar-refractivity contribution in [3.63, 3.8) is 0 Å². The third kappa shape index (κ3) is 3.52. The number of ketones is 1. The van der Waals surface area contributed by atoms with Crippen molar-refractivity contribution in [1.29, 1.82) is 0 Å². The van der Waals surface area contributed by atoms with Crippen molar-refractivity contribution in [3.8, 4) is 0 Å². The molecule has 0 aromatic rings. The Hall–Kier alpha value is -1.15. The summed E-state index contributed by atoms with van der Waals surface area (Å²) in [6.45, 7) is 12.8. The van der Waals surface area contributed by atoms with E-state index in [4.69, 9.17) is 0 Å². The molecular formula is C21H31NO. The van der Waals surface area contributed by atoms with E-state index in [0.29, 0.717) is 12.5 Å². The highest BCUT2D eigenvalue weighted by Gasteiger charge is 2.46. The molecule has 2 atom stereocenters. The van der Waals surface area contributed by atoms with Gasteiger partial charge in [0.1, 0.15) is 0 Å². The van der Waals surface area contributed by atoms with Crippen molar-refractivity contribution >= 4 is 5.78 Å². The molecule has 2 aliphatic carbocycles. The van der Waals surface area contributed by atoms with Gasteiger partial charge in [0.2, 0.25) is 0 Å². The lowest BCUT2D eigenvalue weighted by atomic mass is 9.61. The van der Waals surface area contributed by atoms with Gasteiger partial charge in [-0.3, -0.25) is 9.69 Å². The van der Waals surface area contributed by atoms with Gasteiger partial charge in [-0.2, -0.15) is 0 Å². The van der Waals surface area contributed by atoms with Gasteiger partial charge >= 0.3 is 0 Å². The minimum atomic E-state index is 0.0512. The Morgan fingerprint density at radius 2 is 2.13 bits per heavy atom. The molecular weight excluding hydrogens is 282 g/mol. The molecule has 3 aliphatic rings. The molecule has 1 heterocycles. The van der Waals surface area contributed by atoms with Crippen molar-refractivity contribution in [2.75, 3.05) is 13.1 Å². The molecule has 0 radical (unpaired) electrons. The summed E-state index contributed by atoms with van der Waals surface area (Å²) in [4.78, 5) is 14.9. The smallest absolute Gasteiger partial charge is 0.155 e. The second kappa shape index (κ2) is 6.39. The Labute approximate surface area is 141 Å². The first-order valence-corrected chi connectivity index (χ1v) is 9.18. The highest BCUT2D eigenvalue weighted by Crippen LogP contribution is 2.52. The van der Waals surface area contributed by atoms with Gasteiger partial charge in [0.05, 0.1) is 0 Å².